The number of fused-ring (bicyclic) bond motifs is 1. The van der Waals surface area contributed by atoms with Crippen LogP contribution in [0.4, 0.5) is 0 Å². The number of hydrogen-bond acceptors (Lipinski definition) is 3. The van der Waals surface area contributed by atoms with Crippen molar-refractivity contribution in [3.8, 4) is 0 Å². The Labute approximate surface area is 49.8 Å². The third-order valence-electron chi connectivity index (χ3n) is 0.874. The fourth-order valence-corrected chi connectivity index (χ4v) is 1.03. The lowest BCUT2D eigenvalue weighted by Crippen LogP contribution is -1.68. The van der Waals surface area contributed by atoms with Crippen LogP contribution in [-0.4, -0.2) is 13.8 Å². The first-order valence-electron chi connectivity index (χ1n) is 2.13. The van der Waals surface area contributed by atoms with Crippen molar-refractivity contribution in [3.63, 3.8) is 0 Å². The minimum atomic E-state index is 0.731. The number of rotatable bonds is 0. The molecule has 1 radical (unpaired) electrons. The molecule has 0 saturated carbocycles. The maximum atomic E-state index is 3.91. The highest BCUT2D eigenvalue weighted by Gasteiger charge is 1.91. The largest absolute Gasteiger partial charge is 0.244 e. The van der Waals surface area contributed by atoms with Crippen molar-refractivity contribution in [1.29, 1.82) is 0 Å². The molecular weight excluding hydrogens is 122 g/mol. The third-order valence-corrected chi connectivity index (χ3v) is 1.53. The monoisotopic (exact) mass is 124 g/mol. The topological polar surface area (TPSA) is 30.2 Å². The Hall–Kier alpha value is -0.900. The second-order valence-electron chi connectivity index (χ2n) is 1.35. The molecule has 8 heavy (non-hydrogen) atoms. The van der Waals surface area contributed by atoms with Crippen LogP contribution in [0, 0.1) is 5.51 Å². The van der Waals surface area contributed by atoms with Crippen LogP contribution in [-0.2, 0) is 0 Å². The summed E-state index contributed by atoms with van der Waals surface area (Å²) in [4.78, 5) is 7.73. The average Bonchev–Trinajstić information content (AvgIpc) is 2.15. The first-order valence-corrected chi connectivity index (χ1v) is 2.90. The van der Waals surface area contributed by atoms with Gasteiger partial charge >= 0.3 is 0 Å². The van der Waals surface area contributed by atoms with Gasteiger partial charge in [-0.3, -0.25) is 0 Å². The van der Waals surface area contributed by atoms with E-state index in [0.29, 0.717) is 0 Å². The second-order valence-corrected chi connectivity index (χ2v) is 2.11. The smallest absolute Gasteiger partial charge is 0.237 e. The number of nitrogens with zero attached hydrogens (tertiary/aromatic N) is 3. The Morgan fingerprint density at radius 3 is 3.62 bits per heavy atom. The number of imidazole rings is 1. The van der Waals surface area contributed by atoms with Gasteiger partial charge in [0, 0.05) is 12.4 Å². The van der Waals surface area contributed by atoms with Gasteiger partial charge in [-0.1, -0.05) is 0 Å². The lowest BCUT2D eigenvalue weighted by atomic mass is 11.0. The summed E-state index contributed by atoms with van der Waals surface area (Å²) in [5, 5.41) is 0. The van der Waals surface area contributed by atoms with Crippen molar-refractivity contribution >= 4 is 17.3 Å². The maximum Gasteiger partial charge on any atom is 0.244 e. The van der Waals surface area contributed by atoms with Crippen LogP contribution in [0.3, 0.4) is 0 Å². The molecule has 2 aromatic rings. The first kappa shape index (κ1) is 4.03. The van der Waals surface area contributed by atoms with Crippen LogP contribution < -0.4 is 0 Å². The summed E-state index contributed by atoms with van der Waals surface area (Å²) >= 11 is 1.41. The van der Waals surface area contributed by atoms with Crippen molar-refractivity contribution < 1.29 is 0 Å². The molecule has 0 N–H and O–H groups in total. The number of hydrogen-bond donors (Lipinski definition) is 0. The molecule has 0 aromatic carbocycles. The molecule has 0 amide bonds. The van der Waals surface area contributed by atoms with Gasteiger partial charge in [-0.2, -0.15) is 4.98 Å². The molecule has 0 aliphatic heterocycles. The van der Waals surface area contributed by atoms with E-state index in [4.69, 9.17) is 0 Å². The third kappa shape index (κ3) is 0.376. The Kier molecular flexibility index (Phi) is 0.648. The molecule has 0 saturated heterocycles. The summed E-state index contributed by atoms with van der Waals surface area (Å²) in [5.41, 5.74) is 2.71. The molecule has 0 aliphatic rings. The van der Waals surface area contributed by atoms with Crippen LogP contribution in [0.2, 0.25) is 0 Å². The van der Waals surface area contributed by atoms with Crippen molar-refractivity contribution in [2.45, 2.75) is 0 Å². The Morgan fingerprint density at radius 1 is 1.75 bits per heavy atom. The summed E-state index contributed by atoms with van der Waals surface area (Å²) in [6, 6.07) is 0. The van der Waals surface area contributed by atoms with E-state index in [2.05, 4.69) is 15.5 Å². The minimum absolute atomic E-state index is 0.731. The van der Waals surface area contributed by atoms with Crippen LogP contribution in [0.5, 0.6) is 0 Å². The summed E-state index contributed by atoms with van der Waals surface area (Å²) in [5.74, 6) is 0.731. The first-order chi connectivity index (χ1) is 3.97. The van der Waals surface area contributed by atoms with Gasteiger partial charge in [0.25, 0.3) is 0 Å². The molecule has 0 bridgehead atoms. The van der Waals surface area contributed by atoms with E-state index in [1.165, 1.54) is 11.5 Å². The normalized spacial score (nSPS) is 10.5. The summed E-state index contributed by atoms with van der Waals surface area (Å²) in [6.07, 6.45) is 3.57. The lowest BCUT2D eigenvalue weighted by Gasteiger charge is -1.68. The summed E-state index contributed by atoms with van der Waals surface area (Å²) in [6.45, 7) is 0. The zero-order valence-electron chi connectivity index (χ0n) is 3.90. The minimum Gasteiger partial charge on any atom is -0.237 e. The highest BCUT2D eigenvalue weighted by atomic mass is 32.1. The van der Waals surface area contributed by atoms with E-state index in [1.54, 1.807) is 6.20 Å². The van der Waals surface area contributed by atoms with Crippen molar-refractivity contribution in [1.82, 2.24) is 13.8 Å². The molecule has 2 rings (SSSR count). The summed E-state index contributed by atoms with van der Waals surface area (Å²) < 4.78 is 1.85. The van der Waals surface area contributed by atoms with E-state index in [-0.39, 0.29) is 0 Å². The van der Waals surface area contributed by atoms with Crippen molar-refractivity contribution in [2.24, 2.45) is 0 Å². The van der Waals surface area contributed by atoms with Crippen molar-refractivity contribution in [3.05, 3.63) is 17.9 Å². The molecule has 0 aliphatic carbocycles. The van der Waals surface area contributed by atoms with Gasteiger partial charge in [-0.05, 0) is 11.5 Å². The second kappa shape index (κ2) is 1.29. The Balaban J connectivity index is 3.06. The predicted molar refractivity (Wildman–Crippen MR) is 29.7 cm³/mol. The standard InChI is InChI=1S/C4H2N3S/c1-2-7-4(5-1)6-3-8-7/h1-2H. The van der Waals surface area contributed by atoms with Crippen LogP contribution in [0.1, 0.15) is 0 Å². The summed E-state index contributed by atoms with van der Waals surface area (Å²) in [7, 11) is 0. The number of aromatic nitrogens is 3. The molecule has 39 valence electrons. The van der Waals surface area contributed by atoms with Gasteiger partial charge in [0.2, 0.25) is 5.78 Å². The van der Waals surface area contributed by atoms with Crippen LogP contribution >= 0.6 is 11.5 Å². The van der Waals surface area contributed by atoms with E-state index >= 15 is 0 Å². The van der Waals surface area contributed by atoms with Gasteiger partial charge in [0.1, 0.15) is 0 Å². The van der Waals surface area contributed by atoms with Gasteiger partial charge in [0.05, 0.1) is 0 Å². The fraction of sp³-hybridized carbons (Fsp3) is 0. The van der Waals surface area contributed by atoms with E-state index in [1.807, 2.05) is 9.99 Å². The Bertz CT molecular complexity index is 233. The molecule has 0 fully saturated rings. The quantitative estimate of drug-likeness (QED) is 0.514. The van der Waals surface area contributed by atoms with E-state index in [0.717, 1.165) is 5.78 Å². The van der Waals surface area contributed by atoms with Crippen molar-refractivity contribution in [2.75, 3.05) is 0 Å². The molecule has 4 heteroatoms. The van der Waals surface area contributed by atoms with Crippen LogP contribution in [0.15, 0.2) is 12.4 Å². The zero-order chi connectivity index (χ0) is 5.40. The van der Waals surface area contributed by atoms with Gasteiger partial charge in [0.15, 0.2) is 5.51 Å². The molecule has 0 unspecified atom stereocenters. The van der Waals surface area contributed by atoms with E-state index in [9.17, 15) is 0 Å². The zero-order valence-corrected chi connectivity index (χ0v) is 4.72. The highest BCUT2D eigenvalue weighted by molar-refractivity contribution is 7.03. The molecule has 3 nitrogen and oxygen atoms in total. The lowest BCUT2D eigenvalue weighted by molar-refractivity contribution is 1.27. The Morgan fingerprint density at radius 2 is 2.75 bits per heavy atom. The molecule has 0 spiro atoms. The molecule has 0 atom stereocenters. The average molecular weight is 124 g/mol. The van der Waals surface area contributed by atoms with Gasteiger partial charge in [-0.25, -0.2) is 8.77 Å². The highest BCUT2D eigenvalue weighted by Crippen LogP contribution is 1.98. The maximum absolute atomic E-state index is 3.91. The SMILES string of the molecule is [c]1nc2nccn2s1. The van der Waals surface area contributed by atoms with Crippen LogP contribution in [0.25, 0.3) is 5.78 Å². The van der Waals surface area contributed by atoms with Gasteiger partial charge < -0.3 is 0 Å². The predicted octanol–water partition coefficient (Wildman–Crippen LogP) is 0.591. The molecule has 2 aromatic heterocycles. The van der Waals surface area contributed by atoms with Gasteiger partial charge in [-0.15, -0.1) is 0 Å². The molecular formula is C4H2N3S. The fourth-order valence-electron chi connectivity index (χ4n) is 0.539. The van der Waals surface area contributed by atoms with E-state index < -0.39 is 0 Å². The molecule has 2 heterocycles.